The molecule has 0 saturated carbocycles. The molecule has 1 fully saturated rings. The molecule has 1 saturated heterocycles. The van der Waals surface area contributed by atoms with E-state index in [-0.39, 0.29) is 18.2 Å². The Kier molecular flexibility index (Phi) is 4.23. The zero-order valence-electron chi connectivity index (χ0n) is 6.50. The van der Waals surface area contributed by atoms with E-state index in [0.29, 0.717) is 0 Å². The molecule has 3 radical (unpaired) electrons. The van der Waals surface area contributed by atoms with E-state index in [1.165, 1.54) is 0 Å². The van der Waals surface area contributed by atoms with E-state index in [1.807, 2.05) is 0 Å². The standard InChI is InChI=1S/C6H10B2IO2/c1-10-4-2-6(8-7)11-5(4)3-9/h4-6H,2-3H2,1H3. The van der Waals surface area contributed by atoms with Gasteiger partial charge in [-0.05, 0) is 6.42 Å². The number of methoxy groups -OCH3 is 1. The highest BCUT2D eigenvalue weighted by Crippen LogP contribution is 2.23. The SMILES string of the molecule is [B][B]C1CC(OC)C(CI)O1. The Bertz CT molecular complexity index is 113. The van der Waals surface area contributed by atoms with Gasteiger partial charge in [0.2, 0.25) is 0 Å². The minimum absolute atomic E-state index is 0.0831. The average molecular weight is 263 g/mol. The molecule has 5 heteroatoms. The first-order valence-electron chi connectivity index (χ1n) is 3.61. The highest BCUT2D eigenvalue weighted by Gasteiger charge is 2.32. The van der Waals surface area contributed by atoms with E-state index in [0.717, 1.165) is 10.8 Å². The molecule has 59 valence electrons. The summed E-state index contributed by atoms with van der Waals surface area (Å²) in [6.07, 6.45) is 1.32. The molecule has 0 N–H and O–H groups in total. The molecule has 0 aromatic carbocycles. The van der Waals surface area contributed by atoms with Crippen LogP contribution in [0.5, 0.6) is 0 Å². The van der Waals surface area contributed by atoms with Gasteiger partial charge in [0.15, 0.2) is 0 Å². The molecular weight excluding hydrogens is 253 g/mol. The number of alkyl halides is 1. The lowest BCUT2D eigenvalue weighted by Gasteiger charge is -2.13. The Balaban J connectivity index is 2.41. The fourth-order valence-electron chi connectivity index (χ4n) is 1.26. The number of ether oxygens (including phenoxy) is 2. The normalized spacial score (nSPS) is 37.5. The predicted octanol–water partition coefficient (Wildman–Crippen LogP) is 0.339. The Labute approximate surface area is 83.2 Å². The van der Waals surface area contributed by atoms with E-state index in [4.69, 9.17) is 17.2 Å². The van der Waals surface area contributed by atoms with Crippen molar-refractivity contribution < 1.29 is 9.47 Å². The van der Waals surface area contributed by atoms with Gasteiger partial charge in [-0.1, -0.05) is 22.6 Å². The topological polar surface area (TPSA) is 18.5 Å². The van der Waals surface area contributed by atoms with Gasteiger partial charge in [0.25, 0.3) is 0 Å². The minimum atomic E-state index is 0.0831. The van der Waals surface area contributed by atoms with Gasteiger partial charge >= 0.3 is 0 Å². The maximum absolute atomic E-state index is 5.55. The van der Waals surface area contributed by atoms with Crippen molar-refractivity contribution in [3.05, 3.63) is 0 Å². The molecule has 3 atom stereocenters. The Morgan fingerprint density at radius 3 is 2.91 bits per heavy atom. The second-order valence-corrected chi connectivity index (χ2v) is 3.45. The predicted molar refractivity (Wildman–Crippen MR) is 54.5 cm³/mol. The molecule has 0 aromatic rings. The van der Waals surface area contributed by atoms with Crippen molar-refractivity contribution in [2.24, 2.45) is 0 Å². The van der Waals surface area contributed by atoms with Crippen molar-refractivity contribution in [1.82, 2.24) is 0 Å². The average Bonchev–Trinajstić information content (AvgIpc) is 2.46. The summed E-state index contributed by atoms with van der Waals surface area (Å²) in [5.74, 6) is 0. The van der Waals surface area contributed by atoms with E-state index in [2.05, 4.69) is 22.6 Å². The second kappa shape index (κ2) is 4.72. The Morgan fingerprint density at radius 2 is 2.55 bits per heavy atom. The Morgan fingerprint density at radius 1 is 1.82 bits per heavy atom. The zero-order valence-corrected chi connectivity index (χ0v) is 8.65. The first-order chi connectivity index (χ1) is 5.31. The van der Waals surface area contributed by atoms with Crippen molar-refractivity contribution in [1.29, 1.82) is 0 Å². The summed E-state index contributed by atoms with van der Waals surface area (Å²) in [6.45, 7) is 0. The maximum atomic E-state index is 5.55. The molecule has 0 aliphatic carbocycles. The molecule has 0 aromatic heterocycles. The summed E-state index contributed by atoms with van der Waals surface area (Å²) in [5.41, 5.74) is 0. The maximum Gasteiger partial charge on any atom is 0.0942 e. The minimum Gasteiger partial charge on any atom is -0.381 e. The monoisotopic (exact) mass is 263 g/mol. The van der Waals surface area contributed by atoms with Crippen LogP contribution in [0.3, 0.4) is 0 Å². The summed E-state index contributed by atoms with van der Waals surface area (Å²) in [5, 5.41) is 0. The van der Waals surface area contributed by atoms with Gasteiger partial charge in [0.1, 0.15) is 0 Å². The molecule has 2 nitrogen and oxygen atoms in total. The van der Waals surface area contributed by atoms with Crippen molar-refractivity contribution in [2.75, 3.05) is 11.5 Å². The van der Waals surface area contributed by atoms with Crippen LogP contribution < -0.4 is 0 Å². The van der Waals surface area contributed by atoms with Gasteiger partial charge < -0.3 is 9.47 Å². The third kappa shape index (κ3) is 2.36. The smallest absolute Gasteiger partial charge is 0.0942 e. The molecule has 0 bridgehead atoms. The highest BCUT2D eigenvalue weighted by molar-refractivity contribution is 14.1. The van der Waals surface area contributed by atoms with Crippen LogP contribution in [-0.4, -0.2) is 44.7 Å². The van der Waals surface area contributed by atoms with Crippen LogP contribution in [0.25, 0.3) is 0 Å². The summed E-state index contributed by atoms with van der Waals surface area (Å²) in [6, 6.07) is 0.0831. The third-order valence-electron chi connectivity index (χ3n) is 1.90. The second-order valence-electron chi connectivity index (χ2n) is 2.57. The van der Waals surface area contributed by atoms with Crippen LogP contribution in [-0.2, 0) is 9.47 Å². The fraction of sp³-hybridized carbons (Fsp3) is 1.00. The van der Waals surface area contributed by atoms with Gasteiger partial charge in [-0.15, -0.1) is 0 Å². The van der Waals surface area contributed by atoms with Gasteiger partial charge in [0.05, 0.1) is 19.4 Å². The molecule has 0 amide bonds. The molecular formula is C6H10B2IO2. The van der Waals surface area contributed by atoms with Crippen LogP contribution in [0.2, 0.25) is 0 Å². The van der Waals surface area contributed by atoms with Crippen LogP contribution in [0.1, 0.15) is 6.42 Å². The van der Waals surface area contributed by atoms with Gasteiger partial charge in [-0.25, -0.2) is 0 Å². The van der Waals surface area contributed by atoms with Crippen LogP contribution in [0.4, 0.5) is 0 Å². The van der Waals surface area contributed by atoms with Crippen LogP contribution in [0.15, 0.2) is 0 Å². The van der Waals surface area contributed by atoms with Crippen molar-refractivity contribution in [3.8, 4) is 0 Å². The lowest BCUT2D eigenvalue weighted by atomic mass is 9.51. The van der Waals surface area contributed by atoms with Crippen molar-refractivity contribution in [2.45, 2.75) is 24.6 Å². The molecule has 0 spiro atoms. The van der Waals surface area contributed by atoms with Crippen molar-refractivity contribution >= 4 is 37.5 Å². The van der Waals surface area contributed by atoms with E-state index in [9.17, 15) is 0 Å². The van der Waals surface area contributed by atoms with Gasteiger partial charge in [0, 0.05) is 25.3 Å². The summed E-state index contributed by atoms with van der Waals surface area (Å²) in [7, 11) is 8.67. The van der Waals surface area contributed by atoms with Crippen LogP contribution in [0, 0.1) is 0 Å². The van der Waals surface area contributed by atoms with Gasteiger partial charge in [-0.2, -0.15) is 0 Å². The highest BCUT2D eigenvalue weighted by atomic mass is 127. The first kappa shape index (κ1) is 9.86. The van der Waals surface area contributed by atoms with E-state index in [1.54, 1.807) is 14.3 Å². The fourth-order valence-corrected chi connectivity index (χ4v) is 2.03. The number of halogens is 1. The lowest BCUT2D eigenvalue weighted by molar-refractivity contribution is 0.0252. The van der Waals surface area contributed by atoms with Crippen molar-refractivity contribution in [3.63, 3.8) is 0 Å². The van der Waals surface area contributed by atoms with Gasteiger partial charge in [-0.3, -0.25) is 0 Å². The number of hydrogen-bond donors (Lipinski definition) is 0. The molecule has 1 heterocycles. The number of hydrogen-bond acceptors (Lipinski definition) is 2. The third-order valence-corrected chi connectivity index (χ3v) is 2.77. The number of rotatable bonds is 3. The largest absolute Gasteiger partial charge is 0.381 e. The quantitative estimate of drug-likeness (QED) is 0.415. The summed E-state index contributed by atoms with van der Waals surface area (Å²) >= 11 is 2.29. The molecule has 3 unspecified atom stereocenters. The molecule has 1 rings (SSSR count). The first-order valence-corrected chi connectivity index (χ1v) is 5.13. The van der Waals surface area contributed by atoms with E-state index < -0.39 is 0 Å². The summed E-state index contributed by atoms with van der Waals surface area (Å²) in [4.78, 5) is 0. The molecule has 1 aliphatic rings. The molecule has 1 aliphatic heterocycles. The molecule has 11 heavy (non-hydrogen) atoms. The van der Waals surface area contributed by atoms with Crippen LogP contribution >= 0.6 is 22.6 Å². The van der Waals surface area contributed by atoms with E-state index >= 15 is 0 Å². The zero-order chi connectivity index (χ0) is 8.27. The Hall–Kier alpha value is 0.780. The lowest BCUT2D eigenvalue weighted by Crippen LogP contribution is -2.24. The summed E-state index contributed by atoms with van der Waals surface area (Å²) < 4.78 is 11.8.